The lowest BCUT2D eigenvalue weighted by Crippen LogP contribution is -2.33. The van der Waals surface area contributed by atoms with Gasteiger partial charge in [-0.2, -0.15) is 5.10 Å². The first-order chi connectivity index (χ1) is 15.5. The van der Waals surface area contributed by atoms with Gasteiger partial charge < -0.3 is 9.84 Å². The van der Waals surface area contributed by atoms with E-state index < -0.39 is 0 Å². The monoisotopic (exact) mass is 433 g/mol. The highest BCUT2D eigenvalue weighted by Crippen LogP contribution is 2.32. The van der Waals surface area contributed by atoms with Gasteiger partial charge in [-0.15, -0.1) is 6.58 Å². The minimum Gasteiger partial charge on any atom is -0.439 e. The Balaban J connectivity index is 1.94. The van der Waals surface area contributed by atoms with Crippen molar-refractivity contribution in [2.75, 3.05) is 13.1 Å². The van der Waals surface area contributed by atoms with E-state index in [1.165, 1.54) is 5.56 Å². The third kappa shape index (κ3) is 6.31. The molecule has 0 saturated carbocycles. The van der Waals surface area contributed by atoms with E-state index in [1.54, 1.807) is 0 Å². The fourth-order valence-electron chi connectivity index (χ4n) is 3.76. The molecule has 3 aromatic rings. The highest BCUT2D eigenvalue weighted by atomic mass is 16.5. The van der Waals surface area contributed by atoms with Crippen molar-refractivity contribution in [1.82, 2.24) is 14.7 Å². The van der Waals surface area contributed by atoms with Gasteiger partial charge in [-0.3, -0.25) is 4.90 Å². The van der Waals surface area contributed by atoms with E-state index in [9.17, 15) is 5.11 Å². The van der Waals surface area contributed by atoms with Gasteiger partial charge in [0.15, 0.2) is 0 Å². The molecule has 5 nitrogen and oxygen atoms in total. The lowest BCUT2D eigenvalue weighted by Gasteiger charge is -2.25. The molecular weight excluding hydrogens is 398 g/mol. The summed E-state index contributed by atoms with van der Waals surface area (Å²) in [5.74, 6) is 1.50. The Morgan fingerprint density at radius 2 is 1.84 bits per heavy atom. The molecule has 0 spiro atoms. The topological polar surface area (TPSA) is 50.5 Å². The summed E-state index contributed by atoms with van der Waals surface area (Å²) in [6.07, 6.45) is 4.01. The first-order valence-corrected chi connectivity index (χ1v) is 11.4. The molecule has 0 bridgehead atoms. The number of aromatic nitrogens is 2. The molecule has 0 radical (unpaired) electrons. The molecule has 1 atom stereocenters. The molecule has 1 heterocycles. The van der Waals surface area contributed by atoms with E-state index in [-0.39, 0.29) is 6.10 Å². The normalized spacial score (nSPS) is 12.2. The second-order valence-corrected chi connectivity index (χ2v) is 8.29. The molecule has 2 aromatic carbocycles. The molecule has 32 heavy (non-hydrogen) atoms. The first kappa shape index (κ1) is 23.8. The summed E-state index contributed by atoms with van der Waals surface area (Å²) in [5, 5.41) is 15.3. The molecule has 0 amide bonds. The van der Waals surface area contributed by atoms with Crippen LogP contribution in [0, 0.1) is 13.8 Å². The smallest absolute Gasteiger partial charge is 0.227 e. The van der Waals surface area contributed by atoms with Gasteiger partial charge >= 0.3 is 0 Å². The van der Waals surface area contributed by atoms with Gasteiger partial charge in [0, 0.05) is 13.1 Å². The summed E-state index contributed by atoms with van der Waals surface area (Å²) in [7, 11) is 0. The third-order valence-corrected chi connectivity index (χ3v) is 5.47. The van der Waals surface area contributed by atoms with Crippen LogP contribution in [0.2, 0.25) is 0 Å². The molecule has 5 heteroatoms. The Kier molecular flexibility index (Phi) is 8.65. The largest absolute Gasteiger partial charge is 0.439 e. The lowest BCUT2D eigenvalue weighted by atomic mass is 10.1. The Morgan fingerprint density at radius 3 is 2.50 bits per heavy atom. The average Bonchev–Trinajstić information content (AvgIpc) is 3.09. The zero-order chi connectivity index (χ0) is 22.9. The van der Waals surface area contributed by atoms with E-state index in [2.05, 4.69) is 25.3 Å². The molecule has 1 aromatic heterocycles. The summed E-state index contributed by atoms with van der Waals surface area (Å²) in [5.41, 5.74) is 4.11. The molecule has 0 aliphatic carbocycles. The van der Waals surface area contributed by atoms with E-state index in [0.29, 0.717) is 13.1 Å². The molecule has 3 rings (SSSR count). The fourth-order valence-corrected chi connectivity index (χ4v) is 3.76. The molecule has 0 aliphatic heterocycles. The molecule has 170 valence electrons. The predicted molar refractivity (Wildman–Crippen MR) is 131 cm³/mol. The predicted octanol–water partition coefficient (Wildman–Crippen LogP) is 5.82. The van der Waals surface area contributed by atoms with Crippen molar-refractivity contribution in [3.63, 3.8) is 0 Å². The number of rotatable bonds is 12. The number of hydrogen-bond acceptors (Lipinski definition) is 4. The van der Waals surface area contributed by atoms with Crippen molar-refractivity contribution >= 4 is 0 Å². The molecule has 0 saturated heterocycles. The van der Waals surface area contributed by atoms with Crippen molar-refractivity contribution < 1.29 is 9.84 Å². The van der Waals surface area contributed by atoms with Crippen LogP contribution in [0.15, 0.2) is 67.3 Å². The number of aliphatic hydroxyl groups is 1. The molecule has 0 unspecified atom stereocenters. The number of allylic oxidation sites excluding steroid dienone is 1. The zero-order valence-corrected chi connectivity index (χ0v) is 19.5. The number of hydrogen-bond donors (Lipinski definition) is 1. The van der Waals surface area contributed by atoms with E-state index >= 15 is 0 Å². The zero-order valence-electron chi connectivity index (χ0n) is 19.5. The van der Waals surface area contributed by atoms with Crippen molar-refractivity contribution in [1.29, 1.82) is 0 Å². The van der Waals surface area contributed by atoms with Crippen LogP contribution < -0.4 is 4.74 Å². The molecule has 1 N–H and O–H groups in total. The standard InChI is InChI=1S/C27H35N3O2/c1-5-7-13-24(31)19-29(18-6-2)20-26-22(4)28-30(23-11-9-8-10-12-23)27(26)32-25-16-14-21(3)15-17-25/h5,8-12,14-17,24,31H,1,6-7,13,18-20H2,2-4H3/t24-/m0/s1. The van der Waals surface area contributed by atoms with Crippen molar-refractivity contribution in [2.24, 2.45) is 0 Å². The highest BCUT2D eigenvalue weighted by Gasteiger charge is 2.22. The Hall–Kier alpha value is -2.89. The number of aryl methyl sites for hydroxylation is 2. The van der Waals surface area contributed by atoms with Crippen LogP contribution >= 0.6 is 0 Å². The van der Waals surface area contributed by atoms with E-state index in [1.807, 2.05) is 72.3 Å². The highest BCUT2D eigenvalue weighted by molar-refractivity contribution is 5.43. The molecular formula is C27H35N3O2. The number of para-hydroxylation sites is 1. The summed E-state index contributed by atoms with van der Waals surface area (Å²) in [4.78, 5) is 2.29. The quantitative estimate of drug-likeness (QED) is 0.366. The van der Waals surface area contributed by atoms with Crippen LogP contribution in [0.3, 0.4) is 0 Å². The van der Waals surface area contributed by atoms with Gasteiger partial charge in [0.25, 0.3) is 0 Å². The summed E-state index contributed by atoms with van der Waals surface area (Å²) >= 11 is 0. The summed E-state index contributed by atoms with van der Waals surface area (Å²) < 4.78 is 8.30. The third-order valence-electron chi connectivity index (χ3n) is 5.47. The van der Waals surface area contributed by atoms with Crippen molar-refractivity contribution in [2.45, 2.75) is 52.7 Å². The lowest BCUT2D eigenvalue weighted by molar-refractivity contribution is 0.102. The van der Waals surface area contributed by atoms with Crippen LogP contribution in [0.4, 0.5) is 0 Å². The minimum absolute atomic E-state index is 0.384. The van der Waals surface area contributed by atoms with Gasteiger partial charge in [-0.1, -0.05) is 48.9 Å². The van der Waals surface area contributed by atoms with Crippen LogP contribution in [0.25, 0.3) is 5.69 Å². The summed E-state index contributed by atoms with van der Waals surface area (Å²) in [6.45, 7) is 12.2. The second kappa shape index (κ2) is 11.7. The minimum atomic E-state index is -0.384. The average molecular weight is 434 g/mol. The van der Waals surface area contributed by atoms with Gasteiger partial charge in [0.2, 0.25) is 5.88 Å². The number of benzene rings is 2. The van der Waals surface area contributed by atoms with Gasteiger partial charge in [-0.05, 0) is 63.9 Å². The van der Waals surface area contributed by atoms with Crippen LogP contribution in [-0.4, -0.2) is 39.0 Å². The van der Waals surface area contributed by atoms with Crippen LogP contribution in [0.1, 0.15) is 43.0 Å². The molecule has 0 aliphatic rings. The Labute approximate surface area is 192 Å². The maximum absolute atomic E-state index is 10.5. The second-order valence-electron chi connectivity index (χ2n) is 8.29. The Morgan fingerprint density at radius 1 is 1.12 bits per heavy atom. The SMILES string of the molecule is C=CCC[C@H](O)CN(CCC)Cc1c(C)nn(-c2ccccc2)c1Oc1ccc(C)cc1. The Bertz CT molecular complexity index is 980. The van der Waals surface area contributed by atoms with Crippen LogP contribution in [0.5, 0.6) is 11.6 Å². The number of nitrogens with zero attached hydrogens (tertiary/aromatic N) is 3. The number of aliphatic hydroxyl groups excluding tert-OH is 1. The fraction of sp³-hybridized carbons (Fsp3) is 0.370. The maximum Gasteiger partial charge on any atom is 0.227 e. The van der Waals surface area contributed by atoms with Crippen LogP contribution in [-0.2, 0) is 6.54 Å². The molecule has 0 fully saturated rings. The van der Waals surface area contributed by atoms with Gasteiger partial charge in [0.05, 0.1) is 23.0 Å². The maximum atomic E-state index is 10.5. The van der Waals surface area contributed by atoms with Gasteiger partial charge in [0.1, 0.15) is 5.75 Å². The number of ether oxygens (including phenoxy) is 1. The summed E-state index contributed by atoms with van der Waals surface area (Å²) in [6, 6.07) is 18.1. The van der Waals surface area contributed by atoms with E-state index in [4.69, 9.17) is 9.84 Å². The first-order valence-electron chi connectivity index (χ1n) is 11.4. The van der Waals surface area contributed by atoms with Crippen molar-refractivity contribution in [3.8, 4) is 17.3 Å². The van der Waals surface area contributed by atoms with Gasteiger partial charge in [-0.25, -0.2) is 4.68 Å². The van der Waals surface area contributed by atoms with E-state index in [0.717, 1.165) is 54.4 Å². The van der Waals surface area contributed by atoms with Crippen molar-refractivity contribution in [3.05, 3.63) is 84.1 Å².